The van der Waals surface area contributed by atoms with E-state index >= 15 is 0 Å². The number of sulfonamides is 1. The van der Waals surface area contributed by atoms with Crippen molar-refractivity contribution in [3.8, 4) is 5.75 Å². The number of fused-ring (bicyclic) bond motifs is 1. The van der Waals surface area contributed by atoms with Crippen LogP contribution in [0, 0.1) is 0 Å². The van der Waals surface area contributed by atoms with Crippen molar-refractivity contribution < 1.29 is 13.2 Å². The monoisotopic (exact) mass is 410 g/mol. The summed E-state index contributed by atoms with van der Waals surface area (Å²) in [7, 11) is -1.96. The molecule has 3 aromatic carbocycles. The number of benzene rings is 3. The van der Waals surface area contributed by atoms with E-state index in [0.717, 1.165) is 48.0 Å². The zero-order valence-corrected chi connectivity index (χ0v) is 17.4. The van der Waals surface area contributed by atoms with Gasteiger partial charge in [0.15, 0.2) is 0 Å². The maximum absolute atomic E-state index is 13.0. The number of rotatable bonds is 7. The summed E-state index contributed by atoms with van der Waals surface area (Å²) in [5.74, 6) is 0.797. The quantitative estimate of drug-likeness (QED) is 0.640. The molecule has 0 aromatic heterocycles. The normalized spacial score (nSPS) is 16.2. The van der Waals surface area contributed by atoms with Crippen LogP contribution in [0.4, 0.5) is 0 Å². The van der Waals surface area contributed by atoms with Crippen LogP contribution in [0.5, 0.6) is 5.75 Å². The number of nitrogens with zero attached hydrogens (tertiary/aromatic N) is 1. The zero-order chi connectivity index (χ0) is 20.3. The second-order valence-electron chi connectivity index (χ2n) is 7.39. The fraction of sp³-hybridized carbons (Fsp3) is 0.304. The number of ether oxygens (including phenoxy) is 1. The summed E-state index contributed by atoms with van der Waals surface area (Å²) in [5.41, 5.74) is 1.09. The average molecular weight is 411 g/mol. The molecule has 0 spiro atoms. The van der Waals surface area contributed by atoms with Crippen molar-refractivity contribution in [3.05, 3.63) is 72.3 Å². The lowest BCUT2D eigenvalue weighted by Crippen LogP contribution is -2.36. The maximum Gasteiger partial charge on any atom is 0.240 e. The van der Waals surface area contributed by atoms with Crippen molar-refractivity contribution in [2.75, 3.05) is 26.7 Å². The molecular weight excluding hydrogens is 384 g/mol. The van der Waals surface area contributed by atoms with E-state index in [1.807, 2.05) is 54.6 Å². The fourth-order valence-corrected chi connectivity index (χ4v) is 5.02. The van der Waals surface area contributed by atoms with Crippen LogP contribution in [0.25, 0.3) is 10.8 Å². The number of methoxy groups -OCH3 is 1. The van der Waals surface area contributed by atoms with Crippen LogP contribution in [-0.2, 0) is 10.0 Å². The third kappa shape index (κ3) is 4.45. The van der Waals surface area contributed by atoms with Gasteiger partial charge in [-0.25, -0.2) is 13.1 Å². The molecule has 1 aliphatic heterocycles. The van der Waals surface area contributed by atoms with E-state index in [0.29, 0.717) is 11.4 Å². The largest absolute Gasteiger partial charge is 0.497 e. The van der Waals surface area contributed by atoms with Gasteiger partial charge in [-0.3, -0.25) is 4.90 Å². The zero-order valence-electron chi connectivity index (χ0n) is 16.5. The van der Waals surface area contributed by atoms with Crippen LogP contribution in [0.2, 0.25) is 0 Å². The summed E-state index contributed by atoms with van der Waals surface area (Å²) < 4.78 is 34.1. The van der Waals surface area contributed by atoms with Crippen LogP contribution in [0.3, 0.4) is 0 Å². The van der Waals surface area contributed by atoms with Crippen LogP contribution in [0.1, 0.15) is 24.4 Å². The standard InChI is InChI=1S/C23H26N2O3S/c1-28-21-11-8-19(9-12-21)23(25-14-4-5-15-25)17-24-29(26,27)22-13-10-18-6-2-3-7-20(18)16-22/h2-3,6-13,16,23-24H,4-5,14-15,17H2,1H3/t23-/m0/s1. The molecule has 1 fully saturated rings. The predicted molar refractivity (Wildman–Crippen MR) is 116 cm³/mol. The molecule has 0 amide bonds. The van der Waals surface area contributed by atoms with E-state index in [1.54, 1.807) is 19.2 Å². The van der Waals surface area contributed by atoms with Gasteiger partial charge >= 0.3 is 0 Å². The summed E-state index contributed by atoms with van der Waals surface area (Å²) in [4.78, 5) is 2.65. The van der Waals surface area contributed by atoms with Crippen molar-refractivity contribution in [1.82, 2.24) is 9.62 Å². The van der Waals surface area contributed by atoms with Crippen molar-refractivity contribution >= 4 is 20.8 Å². The Balaban J connectivity index is 1.56. The van der Waals surface area contributed by atoms with Gasteiger partial charge in [0.25, 0.3) is 0 Å². The van der Waals surface area contributed by atoms with Gasteiger partial charge in [-0.2, -0.15) is 0 Å². The first-order valence-corrected chi connectivity index (χ1v) is 11.4. The molecule has 1 saturated heterocycles. The Kier molecular flexibility index (Phi) is 5.85. The summed E-state index contributed by atoms with van der Waals surface area (Å²) in [6, 6.07) is 20.9. The Morgan fingerprint density at radius 1 is 0.966 bits per heavy atom. The van der Waals surface area contributed by atoms with E-state index in [-0.39, 0.29) is 6.04 Å². The number of nitrogens with one attached hydrogen (secondary N) is 1. The first kappa shape index (κ1) is 19.9. The smallest absolute Gasteiger partial charge is 0.240 e. The van der Waals surface area contributed by atoms with Gasteiger partial charge in [0.1, 0.15) is 5.75 Å². The van der Waals surface area contributed by atoms with E-state index in [2.05, 4.69) is 9.62 Å². The molecule has 0 radical (unpaired) electrons. The SMILES string of the molecule is COc1ccc([C@H](CNS(=O)(=O)c2ccc3ccccc3c2)N2CCCC2)cc1. The van der Waals surface area contributed by atoms with Gasteiger partial charge in [0.2, 0.25) is 10.0 Å². The molecule has 1 aliphatic rings. The number of likely N-dealkylation sites (tertiary alicyclic amines) is 1. The minimum Gasteiger partial charge on any atom is -0.497 e. The van der Waals surface area contributed by atoms with Gasteiger partial charge < -0.3 is 4.74 Å². The molecule has 0 aliphatic carbocycles. The molecule has 0 unspecified atom stereocenters. The van der Waals surface area contributed by atoms with Crippen LogP contribution in [0.15, 0.2) is 71.6 Å². The number of hydrogen-bond acceptors (Lipinski definition) is 4. The molecule has 5 nitrogen and oxygen atoms in total. The van der Waals surface area contributed by atoms with E-state index in [4.69, 9.17) is 4.74 Å². The molecule has 1 atom stereocenters. The highest BCUT2D eigenvalue weighted by atomic mass is 32.2. The molecule has 0 saturated carbocycles. The first-order chi connectivity index (χ1) is 14.1. The fourth-order valence-electron chi connectivity index (χ4n) is 3.94. The van der Waals surface area contributed by atoms with Crippen molar-refractivity contribution in [1.29, 1.82) is 0 Å². The lowest BCUT2D eigenvalue weighted by Gasteiger charge is -2.28. The molecular formula is C23H26N2O3S. The highest BCUT2D eigenvalue weighted by Gasteiger charge is 2.25. The molecule has 1 heterocycles. The molecule has 1 N–H and O–H groups in total. The van der Waals surface area contributed by atoms with Crippen LogP contribution in [-0.4, -0.2) is 40.1 Å². The predicted octanol–water partition coefficient (Wildman–Crippen LogP) is 3.96. The summed E-state index contributed by atoms with van der Waals surface area (Å²) in [6.45, 7) is 2.30. The van der Waals surface area contributed by atoms with Gasteiger partial charge in [0.05, 0.1) is 12.0 Å². The lowest BCUT2D eigenvalue weighted by atomic mass is 10.1. The Hall–Kier alpha value is -2.41. The topological polar surface area (TPSA) is 58.6 Å². The highest BCUT2D eigenvalue weighted by Crippen LogP contribution is 2.27. The Labute approximate surface area is 172 Å². The Morgan fingerprint density at radius 3 is 2.34 bits per heavy atom. The molecule has 3 aromatic rings. The summed E-state index contributed by atoms with van der Waals surface area (Å²) >= 11 is 0. The number of hydrogen-bond donors (Lipinski definition) is 1. The molecule has 152 valence electrons. The summed E-state index contributed by atoms with van der Waals surface area (Å²) in [6.07, 6.45) is 2.29. The molecule has 29 heavy (non-hydrogen) atoms. The van der Waals surface area contributed by atoms with E-state index in [9.17, 15) is 8.42 Å². The molecule has 0 bridgehead atoms. The summed E-state index contributed by atoms with van der Waals surface area (Å²) in [5, 5.41) is 1.95. The first-order valence-electron chi connectivity index (χ1n) is 9.93. The van der Waals surface area contributed by atoms with Crippen molar-refractivity contribution in [3.63, 3.8) is 0 Å². The second kappa shape index (κ2) is 8.53. The van der Waals surface area contributed by atoms with Gasteiger partial charge in [-0.15, -0.1) is 0 Å². The van der Waals surface area contributed by atoms with Crippen molar-refractivity contribution in [2.45, 2.75) is 23.8 Å². The third-order valence-corrected chi connectivity index (χ3v) is 7.00. The maximum atomic E-state index is 13.0. The minimum atomic E-state index is -3.60. The second-order valence-corrected chi connectivity index (χ2v) is 9.16. The Bertz CT molecular complexity index is 1070. The third-order valence-electron chi connectivity index (χ3n) is 5.58. The molecule has 4 rings (SSSR count). The van der Waals surface area contributed by atoms with Crippen LogP contribution >= 0.6 is 0 Å². The average Bonchev–Trinajstić information content (AvgIpc) is 3.28. The van der Waals surface area contributed by atoms with Gasteiger partial charge in [0, 0.05) is 12.6 Å². The van der Waals surface area contributed by atoms with E-state index < -0.39 is 10.0 Å². The minimum absolute atomic E-state index is 0.00126. The van der Waals surface area contributed by atoms with E-state index in [1.165, 1.54) is 0 Å². The van der Waals surface area contributed by atoms with Gasteiger partial charge in [-0.1, -0.05) is 42.5 Å². The van der Waals surface area contributed by atoms with Crippen LogP contribution < -0.4 is 9.46 Å². The van der Waals surface area contributed by atoms with Crippen molar-refractivity contribution in [2.24, 2.45) is 0 Å². The molecule has 6 heteroatoms. The highest BCUT2D eigenvalue weighted by molar-refractivity contribution is 7.89. The Morgan fingerprint density at radius 2 is 1.66 bits per heavy atom. The van der Waals surface area contributed by atoms with Gasteiger partial charge in [-0.05, 0) is 66.5 Å². The lowest BCUT2D eigenvalue weighted by molar-refractivity contribution is 0.246.